The van der Waals surface area contributed by atoms with Crippen molar-refractivity contribution in [2.75, 3.05) is 19.6 Å². The molecule has 0 radical (unpaired) electrons. The second-order valence-corrected chi connectivity index (χ2v) is 4.22. The highest BCUT2D eigenvalue weighted by Crippen LogP contribution is 2.27. The summed E-state index contributed by atoms with van der Waals surface area (Å²) in [6, 6.07) is 0.850. The molecule has 0 unspecified atom stereocenters. The van der Waals surface area contributed by atoms with Crippen LogP contribution in [-0.4, -0.2) is 35.3 Å². The number of nitrogens with one attached hydrogen (secondary N) is 2. The van der Waals surface area contributed by atoms with Crippen LogP contribution in [0.15, 0.2) is 12.3 Å². The van der Waals surface area contributed by atoms with Crippen LogP contribution in [0.1, 0.15) is 5.69 Å². The van der Waals surface area contributed by atoms with E-state index >= 15 is 0 Å². The SMILES string of the molecule is Cl.O=C(Cn1ccc(C(F)(F)F)n1)NCC1CNC1. The van der Waals surface area contributed by atoms with Gasteiger partial charge in [-0.1, -0.05) is 0 Å². The van der Waals surface area contributed by atoms with Gasteiger partial charge in [-0.25, -0.2) is 0 Å². The van der Waals surface area contributed by atoms with E-state index in [1.807, 2.05) is 0 Å². The summed E-state index contributed by atoms with van der Waals surface area (Å²) in [6.45, 7) is 2.07. The maximum atomic E-state index is 12.3. The first-order valence-corrected chi connectivity index (χ1v) is 5.53. The molecule has 0 atom stereocenters. The Morgan fingerprint density at radius 2 is 2.21 bits per heavy atom. The minimum atomic E-state index is -4.47. The van der Waals surface area contributed by atoms with E-state index in [0.717, 1.165) is 30.0 Å². The Balaban J connectivity index is 0.00000180. The van der Waals surface area contributed by atoms with Gasteiger partial charge in [0.05, 0.1) is 0 Å². The van der Waals surface area contributed by atoms with E-state index in [9.17, 15) is 18.0 Å². The second kappa shape index (κ2) is 6.25. The van der Waals surface area contributed by atoms with Gasteiger partial charge < -0.3 is 10.6 Å². The average Bonchev–Trinajstić information content (AvgIpc) is 2.63. The first-order chi connectivity index (χ1) is 8.45. The highest BCUT2D eigenvalue weighted by molar-refractivity contribution is 5.85. The van der Waals surface area contributed by atoms with Crippen molar-refractivity contribution >= 4 is 18.3 Å². The van der Waals surface area contributed by atoms with Gasteiger partial charge in [-0.15, -0.1) is 12.4 Å². The van der Waals surface area contributed by atoms with Gasteiger partial charge >= 0.3 is 6.18 Å². The molecular weight excluding hydrogens is 285 g/mol. The van der Waals surface area contributed by atoms with Crippen molar-refractivity contribution in [3.8, 4) is 0 Å². The molecule has 19 heavy (non-hydrogen) atoms. The van der Waals surface area contributed by atoms with Crippen molar-refractivity contribution in [2.24, 2.45) is 5.92 Å². The number of carbonyl (C=O) groups excluding carboxylic acids is 1. The van der Waals surface area contributed by atoms with Crippen LogP contribution in [0.5, 0.6) is 0 Å². The minimum absolute atomic E-state index is 0. The standard InChI is InChI=1S/C10H13F3N4O.ClH/c11-10(12,13)8-1-2-17(16-8)6-9(18)15-5-7-3-14-4-7;/h1-2,7,14H,3-6H2,(H,15,18);1H. The number of nitrogens with zero attached hydrogens (tertiary/aromatic N) is 2. The molecule has 1 aliphatic rings. The molecule has 1 saturated heterocycles. The lowest BCUT2D eigenvalue weighted by atomic mass is 10.0. The summed E-state index contributed by atoms with van der Waals surface area (Å²) < 4.78 is 37.8. The molecule has 0 saturated carbocycles. The van der Waals surface area contributed by atoms with Crippen LogP contribution in [0.2, 0.25) is 0 Å². The lowest BCUT2D eigenvalue weighted by Crippen LogP contribution is -2.48. The fraction of sp³-hybridized carbons (Fsp3) is 0.600. The number of hydrogen-bond acceptors (Lipinski definition) is 3. The highest BCUT2D eigenvalue weighted by atomic mass is 35.5. The van der Waals surface area contributed by atoms with Crippen molar-refractivity contribution in [1.29, 1.82) is 0 Å². The molecule has 2 N–H and O–H groups in total. The second-order valence-electron chi connectivity index (χ2n) is 4.22. The maximum absolute atomic E-state index is 12.3. The Bertz CT molecular complexity index is 431. The molecule has 0 spiro atoms. The first-order valence-electron chi connectivity index (χ1n) is 5.53. The normalized spacial score (nSPS) is 15.5. The minimum Gasteiger partial charge on any atom is -0.354 e. The van der Waals surface area contributed by atoms with Gasteiger partial charge in [0.15, 0.2) is 5.69 Å². The van der Waals surface area contributed by atoms with Crippen molar-refractivity contribution in [1.82, 2.24) is 20.4 Å². The molecule has 1 aromatic rings. The van der Waals surface area contributed by atoms with Gasteiger partial charge in [0, 0.05) is 31.7 Å². The van der Waals surface area contributed by atoms with Crippen molar-refractivity contribution in [3.05, 3.63) is 18.0 Å². The van der Waals surface area contributed by atoms with Gasteiger partial charge in [-0.2, -0.15) is 18.3 Å². The van der Waals surface area contributed by atoms with Crippen molar-refractivity contribution < 1.29 is 18.0 Å². The van der Waals surface area contributed by atoms with E-state index < -0.39 is 11.9 Å². The number of aromatic nitrogens is 2. The smallest absolute Gasteiger partial charge is 0.354 e. The number of alkyl halides is 3. The lowest BCUT2D eigenvalue weighted by Gasteiger charge is -2.27. The summed E-state index contributed by atoms with van der Waals surface area (Å²) in [5, 5.41) is 9.02. The van der Waals surface area contributed by atoms with Crippen LogP contribution in [0.4, 0.5) is 13.2 Å². The lowest BCUT2D eigenvalue weighted by molar-refractivity contribution is -0.141. The fourth-order valence-corrected chi connectivity index (χ4v) is 1.55. The zero-order valence-corrected chi connectivity index (χ0v) is 10.7. The quantitative estimate of drug-likeness (QED) is 0.858. The summed E-state index contributed by atoms with van der Waals surface area (Å²) in [4.78, 5) is 11.4. The Labute approximate surface area is 113 Å². The van der Waals surface area contributed by atoms with Gasteiger partial charge in [0.2, 0.25) is 5.91 Å². The third-order valence-electron chi connectivity index (χ3n) is 2.69. The molecule has 1 aliphatic heterocycles. The molecule has 9 heteroatoms. The molecule has 2 rings (SSSR count). The topological polar surface area (TPSA) is 59.0 Å². The van der Waals surface area contributed by atoms with E-state index in [-0.39, 0.29) is 24.9 Å². The molecule has 0 bridgehead atoms. The van der Waals surface area contributed by atoms with Gasteiger partial charge in [0.25, 0.3) is 0 Å². The first kappa shape index (κ1) is 15.8. The van der Waals surface area contributed by atoms with Gasteiger partial charge in [0.1, 0.15) is 6.54 Å². The van der Waals surface area contributed by atoms with E-state index in [4.69, 9.17) is 0 Å². The summed E-state index contributed by atoms with van der Waals surface area (Å²) >= 11 is 0. The largest absolute Gasteiger partial charge is 0.435 e. The van der Waals surface area contributed by atoms with E-state index in [1.54, 1.807) is 0 Å². The van der Waals surface area contributed by atoms with Crippen LogP contribution in [0.3, 0.4) is 0 Å². The number of carbonyl (C=O) groups is 1. The maximum Gasteiger partial charge on any atom is 0.435 e. The van der Waals surface area contributed by atoms with Crippen LogP contribution >= 0.6 is 12.4 Å². The Morgan fingerprint density at radius 1 is 1.53 bits per heavy atom. The van der Waals surface area contributed by atoms with Crippen LogP contribution in [-0.2, 0) is 17.5 Å². The monoisotopic (exact) mass is 298 g/mol. The van der Waals surface area contributed by atoms with Gasteiger partial charge in [-0.3, -0.25) is 9.48 Å². The number of rotatable bonds is 4. The molecule has 5 nitrogen and oxygen atoms in total. The summed E-state index contributed by atoms with van der Waals surface area (Å²) in [6.07, 6.45) is -3.33. The highest BCUT2D eigenvalue weighted by Gasteiger charge is 2.33. The third kappa shape index (κ3) is 4.39. The van der Waals surface area contributed by atoms with Gasteiger partial charge in [-0.05, 0) is 6.07 Å². The molecule has 1 fully saturated rings. The predicted molar refractivity (Wildman–Crippen MR) is 63.8 cm³/mol. The molecule has 0 aromatic carbocycles. The number of amides is 1. The third-order valence-corrected chi connectivity index (χ3v) is 2.69. The molecule has 0 aliphatic carbocycles. The van der Waals surface area contributed by atoms with Crippen LogP contribution in [0.25, 0.3) is 0 Å². The number of halogens is 4. The van der Waals surface area contributed by atoms with Crippen molar-refractivity contribution in [3.63, 3.8) is 0 Å². The molecule has 1 amide bonds. The summed E-state index contributed by atoms with van der Waals surface area (Å²) in [7, 11) is 0. The summed E-state index contributed by atoms with van der Waals surface area (Å²) in [5.41, 5.74) is -0.988. The molecular formula is C10H14ClF3N4O. The Morgan fingerprint density at radius 3 is 2.68 bits per heavy atom. The predicted octanol–water partition coefficient (Wildman–Crippen LogP) is 0.659. The van der Waals surface area contributed by atoms with E-state index in [1.165, 1.54) is 0 Å². The zero-order valence-electron chi connectivity index (χ0n) is 9.91. The molecule has 1 aromatic heterocycles. The fourth-order valence-electron chi connectivity index (χ4n) is 1.55. The number of hydrogen-bond donors (Lipinski definition) is 2. The van der Waals surface area contributed by atoms with E-state index in [0.29, 0.717) is 12.5 Å². The van der Waals surface area contributed by atoms with Crippen molar-refractivity contribution in [2.45, 2.75) is 12.7 Å². The van der Waals surface area contributed by atoms with Crippen LogP contribution in [0, 0.1) is 5.92 Å². The summed E-state index contributed by atoms with van der Waals surface area (Å²) in [5.74, 6) is 0.0797. The Kier molecular flexibility index (Phi) is 5.19. The van der Waals surface area contributed by atoms with E-state index in [2.05, 4.69) is 15.7 Å². The van der Waals surface area contributed by atoms with Crippen LogP contribution < -0.4 is 10.6 Å². The zero-order chi connectivity index (χ0) is 13.2. The molecule has 108 valence electrons. The Hall–Kier alpha value is -1.28. The molecule has 2 heterocycles. The average molecular weight is 299 g/mol.